The van der Waals surface area contributed by atoms with Crippen LogP contribution < -0.4 is 37.9 Å². The Morgan fingerprint density at radius 2 is 0.757 bits per heavy atom. The van der Waals surface area contributed by atoms with Crippen LogP contribution in [0.15, 0.2) is 60.7 Å². The van der Waals surface area contributed by atoms with Crippen LogP contribution in [0.5, 0.6) is 46.0 Å². The van der Waals surface area contributed by atoms with Crippen LogP contribution in [0.2, 0.25) is 0 Å². The molecule has 18 nitrogen and oxygen atoms in total. The van der Waals surface area contributed by atoms with E-state index in [2.05, 4.69) is 9.80 Å². The van der Waals surface area contributed by atoms with E-state index in [1.54, 1.807) is 56.9 Å². The number of carbonyl (C=O) groups is 4. The van der Waals surface area contributed by atoms with Crippen molar-refractivity contribution in [3.63, 3.8) is 0 Å². The lowest BCUT2D eigenvalue weighted by atomic mass is 9.87. The third-order valence-electron chi connectivity index (χ3n) is 12.5. The molecule has 4 aromatic rings. The summed E-state index contributed by atoms with van der Waals surface area (Å²) in [5, 5.41) is 14.8. The van der Waals surface area contributed by atoms with Gasteiger partial charge in [0.2, 0.25) is 0 Å². The Hall–Kier alpha value is -6.92. The Morgan fingerprint density at radius 3 is 1.03 bits per heavy atom. The zero-order valence-electron chi connectivity index (χ0n) is 45.8. The number of carbonyl (C=O) groups excluding carboxylic acids is 2. The molecule has 0 radical (unpaired) electrons. The minimum atomic E-state index is -1.82. The number of carboxylic acids is 2. The summed E-state index contributed by atoms with van der Waals surface area (Å²) in [6.07, 6.45) is 2.95. The van der Waals surface area contributed by atoms with Crippen LogP contribution in [0, 0.1) is 0 Å². The van der Waals surface area contributed by atoms with E-state index in [1.165, 1.54) is 11.1 Å². The van der Waals surface area contributed by atoms with Crippen molar-refractivity contribution in [2.24, 2.45) is 0 Å². The number of nitrogens with zero attached hydrogens (tertiary/aromatic N) is 2. The maximum atomic E-state index is 13.0. The summed E-state index contributed by atoms with van der Waals surface area (Å²) in [6, 6.07) is 19.1. The van der Waals surface area contributed by atoms with E-state index in [0.717, 1.165) is 48.2 Å². The maximum absolute atomic E-state index is 13.0. The predicted molar refractivity (Wildman–Crippen MR) is 278 cm³/mol. The van der Waals surface area contributed by atoms with Gasteiger partial charge in [0.05, 0.1) is 56.9 Å². The van der Waals surface area contributed by atoms with Gasteiger partial charge in [-0.25, -0.2) is 9.59 Å². The van der Waals surface area contributed by atoms with Crippen molar-refractivity contribution in [3.8, 4) is 46.0 Å². The molecule has 2 unspecified atom stereocenters. The molecule has 2 N–H and O–H groups in total. The fourth-order valence-corrected chi connectivity index (χ4v) is 8.98. The molecule has 74 heavy (non-hydrogen) atoms. The molecule has 4 aromatic carbocycles. The number of rotatable bonds is 16. The van der Waals surface area contributed by atoms with Gasteiger partial charge in [-0.15, -0.1) is 0 Å². The van der Waals surface area contributed by atoms with E-state index in [1.807, 2.05) is 116 Å². The largest absolute Gasteiger partial charge is 0.493 e. The molecule has 406 valence electrons. The summed E-state index contributed by atoms with van der Waals surface area (Å²) in [6.45, 7) is 16.6. The summed E-state index contributed by atoms with van der Waals surface area (Å²) < 4.78 is 55.6. The highest BCUT2D eigenvalue weighted by Gasteiger charge is 2.38. The van der Waals surface area contributed by atoms with E-state index in [9.17, 15) is 9.59 Å². The number of hydrogen-bond acceptors (Lipinski definition) is 16. The van der Waals surface area contributed by atoms with Crippen molar-refractivity contribution in [2.75, 3.05) is 70.0 Å². The van der Waals surface area contributed by atoms with Crippen LogP contribution in [-0.4, -0.2) is 137 Å². The number of esters is 2. The number of carboxylic acid groups (broad SMARTS) is 2. The highest BCUT2D eigenvalue weighted by Crippen LogP contribution is 2.43. The summed E-state index contributed by atoms with van der Waals surface area (Å²) in [5.41, 5.74) is 5.68. The molecule has 0 bridgehead atoms. The molecule has 4 atom stereocenters. The van der Waals surface area contributed by atoms with Crippen LogP contribution in [0.4, 0.5) is 0 Å². The van der Waals surface area contributed by atoms with Gasteiger partial charge in [-0.05, 0) is 163 Å². The fraction of sp³-hybridized carbons (Fsp3) is 0.500. The van der Waals surface area contributed by atoms with Crippen LogP contribution in [0.1, 0.15) is 101 Å². The predicted octanol–water partition coefficient (Wildman–Crippen LogP) is 8.34. The average molecular weight is 1030 g/mol. The summed E-state index contributed by atoms with van der Waals surface area (Å²) in [5.74, 6) is 1.37. The molecule has 2 heterocycles. The van der Waals surface area contributed by atoms with Gasteiger partial charge in [-0.1, -0.05) is 12.1 Å². The van der Waals surface area contributed by atoms with Gasteiger partial charge in [0.15, 0.2) is 46.0 Å². The first-order valence-corrected chi connectivity index (χ1v) is 24.2. The normalized spacial score (nSPS) is 16.1. The number of benzene rings is 4. The number of fused-ring (bicyclic) bond motifs is 2. The molecule has 0 saturated heterocycles. The number of methoxy groups -OCH3 is 8. The second-order valence-electron chi connectivity index (χ2n) is 19.6. The lowest BCUT2D eigenvalue weighted by Gasteiger charge is -2.41. The second-order valence-corrected chi connectivity index (χ2v) is 19.6. The lowest BCUT2D eigenvalue weighted by molar-refractivity contribution is -0.163. The number of aliphatic carboxylic acids is 2. The molecule has 18 heteroatoms. The highest BCUT2D eigenvalue weighted by atomic mass is 16.6. The van der Waals surface area contributed by atoms with Crippen molar-refractivity contribution in [3.05, 3.63) is 94.0 Å². The Bertz CT molecular complexity index is 2390. The molecule has 0 fully saturated rings. The Morgan fingerprint density at radius 1 is 0.473 bits per heavy atom. The smallest absolute Gasteiger partial charge is 0.414 e. The van der Waals surface area contributed by atoms with Crippen LogP contribution in [0.25, 0.3) is 0 Å². The topological polar surface area (TPSA) is 208 Å². The minimum absolute atomic E-state index is 0.0656. The van der Waals surface area contributed by atoms with Gasteiger partial charge < -0.3 is 57.6 Å². The second kappa shape index (κ2) is 26.3. The molecule has 6 rings (SSSR count). The first-order chi connectivity index (χ1) is 34.9. The van der Waals surface area contributed by atoms with Crippen LogP contribution in [-0.2, 0) is 54.3 Å². The molecule has 0 saturated carbocycles. The zero-order valence-corrected chi connectivity index (χ0v) is 45.8. The van der Waals surface area contributed by atoms with Gasteiger partial charge in [-0.2, -0.15) is 0 Å². The van der Waals surface area contributed by atoms with Crippen molar-refractivity contribution in [1.29, 1.82) is 0 Å². The SMILES string of the molecule is COc1ccc(C[C@@H]2c3cc(OC)c(OC)cc3CCN2C(C)C(=O)OC(C)(C)C)cc1OC.COc1ccc(C[C@@H]2c3cc(OC)c(OC)cc3CCN2C(C)C(=O)OC(C)(C)C)cc1OC.O=C(O)C(=O)O. The molecule has 0 amide bonds. The Kier molecular flexibility index (Phi) is 21.2. The zero-order chi connectivity index (χ0) is 55.2. The molecule has 0 spiro atoms. The standard InChI is InChI=1S/2C27H37NO6.C2H2O4/c2*1-17(26(29)34-27(2,3)4)28-12-11-19-15-24(32-7)25(33-8)16-20(19)21(28)13-18-9-10-22(30-5)23(14-18)31-6;3-1(4)2(5)6/h2*9-10,14-17,21H,11-13H2,1-8H3;(H,3,4)(H,5,6)/t2*17?,21-;/m11./s1. The molecular weight excluding hydrogens is 957 g/mol. The van der Waals surface area contributed by atoms with Crippen LogP contribution >= 0.6 is 0 Å². The summed E-state index contributed by atoms with van der Waals surface area (Å²) in [4.78, 5) is 48.7. The Balaban J connectivity index is 0.000000289. The molecule has 0 aliphatic carbocycles. The van der Waals surface area contributed by atoms with Crippen molar-refractivity contribution < 1.29 is 76.8 Å². The number of hydrogen-bond donors (Lipinski definition) is 2. The maximum Gasteiger partial charge on any atom is 0.414 e. The van der Waals surface area contributed by atoms with Crippen molar-refractivity contribution in [1.82, 2.24) is 9.80 Å². The Labute approximate surface area is 435 Å². The first kappa shape index (κ1) is 59.6. The van der Waals surface area contributed by atoms with Gasteiger partial charge in [0.1, 0.15) is 23.3 Å². The fourth-order valence-electron chi connectivity index (χ4n) is 8.98. The van der Waals surface area contributed by atoms with Crippen molar-refractivity contribution in [2.45, 2.75) is 116 Å². The van der Waals surface area contributed by atoms with Crippen LogP contribution in [0.3, 0.4) is 0 Å². The molecule has 0 aromatic heterocycles. The lowest BCUT2D eigenvalue weighted by Crippen LogP contribution is -2.48. The summed E-state index contributed by atoms with van der Waals surface area (Å²) >= 11 is 0. The van der Waals surface area contributed by atoms with E-state index in [4.69, 9.17) is 67.2 Å². The highest BCUT2D eigenvalue weighted by molar-refractivity contribution is 6.27. The quantitative estimate of drug-likeness (QED) is 0.0798. The first-order valence-electron chi connectivity index (χ1n) is 24.2. The van der Waals surface area contributed by atoms with E-state index >= 15 is 0 Å². The third-order valence-corrected chi connectivity index (χ3v) is 12.5. The van der Waals surface area contributed by atoms with E-state index < -0.39 is 35.2 Å². The molecular formula is C56H76N2O16. The summed E-state index contributed by atoms with van der Waals surface area (Å²) in [7, 11) is 13.1. The third kappa shape index (κ3) is 15.6. The van der Waals surface area contributed by atoms with Gasteiger partial charge in [0, 0.05) is 25.2 Å². The van der Waals surface area contributed by atoms with E-state index in [-0.39, 0.29) is 24.0 Å². The molecule has 2 aliphatic rings. The molecule has 2 aliphatic heterocycles. The van der Waals surface area contributed by atoms with Gasteiger partial charge in [-0.3, -0.25) is 19.4 Å². The minimum Gasteiger partial charge on any atom is -0.493 e. The number of ether oxygens (including phenoxy) is 10. The van der Waals surface area contributed by atoms with E-state index in [0.29, 0.717) is 58.8 Å². The van der Waals surface area contributed by atoms with Gasteiger partial charge in [0.25, 0.3) is 0 Å². The van der Waals surface area contributed by atoms with Gasteiger partial charge >= 0.3 is 23.9 Å². The monoisotopic (exact) mass is 1030 g/mol. The van der Waals surface area contributed by atoms with Crippen molar-refractivity contribution >= 4 is 23.9 Å². The average Bonchev–Trinajstić information content (AvgIpc) is 3.36.